The molecule has 432 valence electrons. The van der Waals surface area contributed by atoms with Crippen molar-refractivity contribution < 1.29 is 28.6 Å². The Morgan fingerprint density at radius 2 is 0.506 bits per heavy atom. The molecular formula is C71H112O6. The third-order valence-corrected chi connectivity index (χ3v) is 12.5. The Bertz CT molecular complexity index is 1740. The lowest BCUT2D eigenvalue weighted by Crippen LogP contribution is -2.30. The summed E-state index contributed by atoms with van der Waals surface area (Å²) in [7, 11) is 0. The molecule has 1 atom stereocenters. The Labute approximate surface area is 473 Å². The summed E-state index contributed by atoms with van der Waals surface area (Å²) in [6, 6.07) is 0. The van der Waals surface area contributed by atoms with Crippen LogP contribution < -0.4 is 0 Å². The number of esters is 3. The summed E-state index contributed by atoms with van der Waals surface area (Å²) in [6.07, 6.45) is 92.5. The van der Waals surface area contributed by atoms with Gasteiger partial charge in [0, 0.05) is 19.3 Å². The van der Waals surface area contributed by atoms with Crippen molar-refractivity contribution in [3.8, 4) is 0 Å². The minimum atomic E-state index is -0.804. The second-order valence-electron chi connectivity index (χ2n) is 19.9. The van der Waals surface area contributed by atoms with Gasteiger partial charge in [0.1, 0.15) is 13.2 Å². The minimum absolute atomic E-state index is 0.0987. The lowest BCUT2D eigenvalue weighted by molar-refractivity contribution is -0.167. The Morgan fingerprint density at radius 1 is 0.273 bits per heavy atom. The second-order valence-corrected chi connectivity index (χ2v) is 19.9. The van der Waals surface area contributed by atoms with Gasteiger partial charge in [0.25, 0.3) is 0 Å². The van der Waals surface area contributed by atoms with E-state index in [1.54, 1.807) is 0 Å². The zero-order valence-corrected chi connectivity index (χ0v) is 49.4. The molecule has 0 spiro atoms. The SMILES string of the molecule is CC/C=C\C/C=C\C/C=C\C/C=C\C/C=C\C/C=C\C/C=C\C/C=C\C/C=C\CCCCCCCC(=O)OCC(COC(=O)CCCCCCCCCCC)OC(=O)CCCCCC/C=C\C/C=C\C/C=C\C/C=C\CC. The van der Waals surface area contributed by atoms with Gasteiger partial charge < -0.3 is 14.2 Å². The van der Waals surface area contributed by atoms with E-state index < -0.39 is 6.10 Å². The van der Waals surface area contributed by atoms with Gasteiger partial charge in [0.05, 0.1) is 0 Å². The molecule has 6 nitrogen and oxygen atoms in total. The maximum absolute atomic E-state index is 12.8. The Morgan fingerprint density at radius 3 is 0.792 bits per heavy atom. The fraction of sp³-hybridized carbons (Fsp3) is 0.592. The predicted octanol–water partition coefficient (Wildman–Crippen LogP) is 21.3. The van der Waals surface area contributed by atoms with Crippen LogP contribution >= 0.6 is 0 Å². The first-order chi connectivity index (χ1) is 38.0. The zero-order chi connectivity index (χ0) is 55.7. The molecule has 1 unspecified atom stereocenters. The molecule has 6 heteroatoms. The summed E-state index contributed by atoms with van der Waals surface area (Å²) in [4.78, 5) is 38.1. The lowest BCUT2D eigenvalue weighted by atomic mass is 10.1. The van der Waals surface area contributed by atoms with Crippen molar-refractivity contribution >= 4 is 17.9 Å². The first-order valence-electron chi connectivity index (χ1n) is 31.0. The van der Waals surface area contributed by atoms with Crippen molar-refractivity contribution in [3.05, 3.63) is 158 Å². The quantitative estimate of drug-likeness (QED) is 0.0261. The molecule has 0 radical (unpaired) electrons. The van der Waals surface area contributed by atoms with Crippen molar-refractivity contribution in [3.63, 3.8) is 0 Å². The molecule has 0 amide bonds. The van der Waals surface area contributed by atoms with Crippen molar-refractivity contribution in [1.29, 1.82) is 0 Å². The van der Waals surface area contributed by atoms with Gasteiger partial charge in [0.15, 0.2) is 6.10 Å². The van der Waals surface area contributed by atoms with Gasteiger partial charge in [-0.1, -0.05) is 262 Å². The molecular weight excluding hydrogens is 949 g/mol. The van der Waals surface area contributed by atoms with E-state index in [9.17, 15) is 14.4 Å². The van der Waals surface area contributed by atoms with Crippen LogP contribution in [0.3, 0.4) is 0 Å². The molecule has 0 aliphatic carbocycles. The molecule has 0 saturated carbocycles. The van der Waals surface area contributed by atoms with Crippen LogP contribution in [0.2, 0.25) is 0 Å². The first-order valence-corrected chi connectivity index (χ1v) is 31.0. The third kappa shape index (κ3) is 61.8. The van der Waals surface area contributed by atoms with Gasteiger partial charge in [-0.25, -0.2) is 0 Å². The van der Waals surface area contributed by atoms with Crippen molar-refractivity contribution in [1.82, 2.24) is 0 Å². The van der Waals surface area contributed by atoms with E-state index >= 15 is 0 Å². The summed E-state index contributed by atoms with van der Waals surface area (Å²) < 4.78 is 16.8. The van der Waals surface area contributed by atoms with Gasteiger partial charge in [-0.2, -0.15) is 0 Å². The summed E-state index contributed by atoms with van der Waals surface area (Å²) in [5, 5.41) is 0. The average Bonchev–Trinajstić information content (AvgIpc) is 3.43. The number of unbranched alkanes of at least 4 members (excludes halogenated alkanes) is 17. The Kier molecular flexibility index (Phi) is 59.5. The van der Waals surface area contributed by atoms with E-state index in [-0.39, 0.29) is 31.1 Å². The third-order valence-electron chi connectivity index (χ3n) is 12.5. The zero-order valence-electron chi connectivity index (χ0n) is 49.4. The fourth-order valence-electron chi connectivity index (χ4n) is 7.95. The molecule has 0 rings (SSSR count). The van der Waals surface area contributed by atoms with Crippen LogP contribution in [0, 0.1) is 0 Å². The van der Waals surface area contributed by atoms with E-state index in [2.05, 4.69) is 179 Å². The van der Waals surface area contributed by atoms with Crippen molar-refractivity contribution in [2.24, 2.45) is 0 Å². The first kappa shape index (κ1) is 72.0. The predicted molar refractivity (Wildman–Crippen MR) is 334 cm³/mol. The largest absolute Gasteiger partial charge is 0.462 e. The monoisotopic (exact) mass is 1060 g/mol. The van der Waals surface area contributed by atoms with Crippen LogP contribution in [0.15, 0.2) is 158 Å². The molecule has 0 aromatic carbocycles. The van der Waals surface area contributed by atoms with E-state index in [0.29, 0.717) is 19.3 Å². The second kappa shape index (κ2) is 63.6. The minimum Gasteiger partial charge on any atom is -0.462 e. The van der Waals surface area contributed by atoms with Crippen LogP contribution in [0.25, 0.3) is 0 Å². The van der Waals surface area contributed by atoms with Crippen molar-refractivity contribution in [2.75, 3.05) is 13.2 Å². The number of carbonyl (C=O) groups excluding carboxylic acids is 3. The molecule has 0 saturated heterocycles. The van der Waals surface area contributed by atoms with E-state index in [4.69, 9.17) is 14.2 Å². The summed E-state index contributed by atoms with van der Waals surface area (Å²) >= 11 is 0. The highest BCUT2D eigenvalue weighted by Crippen LogP contribution is 2.14. The van der Waals surface area contributed by atoms with Crippen LogP contribution in [0.4, 0.5) is 0 Å². The number of allylic oxidation sites excluding steroid dienone is 26. The van der Waals surface area contributed by atoms with Gasteiger partial charge in [-0.3, -0.25) is 14.4 Å². The highest BCUT2D eigenvalue weighted by molar-refractivity contribution is 5.71. The highest BCUT2D eigenvalue weighted by Gasteiger charge is 2.19. The van der Waals surface area contributed by atoms with Crippen LogP contribution in [0.5, 0.6) is 0 Å². The smallest absolute Gasteiger partial charge is 0.306 e. The summed E-state index contributed by atoms with van der Waals surface area (Å²) in [5.74, 6) is -0.951. The lowest BCUT2D eigenvalue weighted by Gasteiger charge is -2.18. The molecule has 0 heterocycles. The number of hydrogen-bond acceptors (Lipinski definition) is 6. The van der Waals surface area contributed by atoms with Crippen molar-refractivity contribution in [2.45, 2.75) is 258 Å². The Balaban J connectivity index is 4.30. The van der Waals surface area contributed by atoms with Gasteiger partial charge in [0.2, 0.25) is 0 Å². The molecule has 77 heavy (non-hydrogen) atoms. The summed E-state index contributed by atoms with van der Waals surface area (Å²) in [5.41, 5.74) is 0. The fourth-order valence-corrected chi connectivity index (χ4v) is 7.95. The van der Waals surface area contributed by atoms with Gasteiger partial charge in [-0.05, 0) is 128 Å². The molecule has 0 aliphatic heterocycles. The highest BCUT2D eigenvalue weighted by atomic mass is 16.6. The van der Waals surface area contributed by atoms with Crippen LogP contribution in [-0.2, 0) is 28.6 Å². The number of carbonyl (C=O) groups is 3. The number of rotatable bonds is 54. The maximum Gasteiger partial charge on any atom is 0.306 e. The number of hydrogen-bond donors (Lipinski definition) is 0. The Hall–Kier alpha value is -4.97. The van der Waals surface area contributed by atoms with Crippen LogP contribution in [-0.4, -0.2) is 37.2 Å². The van der Waals surface area contributed by atoms with E-state index in [0.717, 1.165) is 173 Å². The van der Waals surface area contributed by atoms with Gasteiger partial charge in [-0.15, -0.1) is 0 Å². The van der Waals surface area contributed by atoms with E-state index in [1.807, 2.05) is 0 Å². The molecule has 0 bridgehead atoms. The van der Waals surface area contributed by atoms with Crippen LogP contribution in [0.1, 0.15) is 252 Å². The normalized spacial score (nSPS) is 13.2. The average molecular weight is 1060 g/mol. The topological polar surface area (TPSA) is 78.9 Å². The van der Waals surface area contributed by atoms with Gasteiger partial charge >= 0.3 is 17.9 Å². The molecule has 0 aliphatic rings. The summed E-state index contributed by atoms with van der Waals surface area (Å²) in [6.45, 7) is 6.34. The molecule has 0 N–H and O–H groups in total. The number of ether oxygens (including phenoxy) is 3. The molecule has 0 aromatic heterocycles. The van der Waals surface area contributed by atoms with E-state index in [1.165, 1.54) is 38.5 Å². The molecule has 0 fully saturated rings. The maximum atomic E-state index is 12.8. The molecule has 0 aromatic rings. The standard InChI is InChI=1S/C71H112O6/c1-4-7-10-13-16-19-21-23-25-27-28-29-30-31-32-33-34-35-36-37-38-39-40-41-42-44-45-47-49-52-55-58-61-64-70(73)76-67-68(66-75-69(72)63-60-57-54-51-18-15-12-9-6-3)77-71(74)65-62-59-56-53-50-48-46-43-26-24-22-20-17-14-11-8-5-2/h7-8,10-11,16-17,19-20,23-26,28-29,31-32,34-35,37-38,40-41,44-46,48,68H,4-6,9,12-15,18,21-22,27,30,33,36,39,42-43,47,49-67H2,1-3H3/b10-7-,11-8-,19-16-,20-17-,25-23-,26-24-,29-28-,32-31-,35-34-,38-37-,41-40-,45-44-,48-46-.